The number of aromatic nitrogens is 3. The summed E-state index contributed by atoms with van der Waals surface area (Å²) in [5.74, 6) is 7.25. The molecule has 0 fully saturated rings. The van der Waals surface area contributed by atoms with Crippen molar-refractivity contribution in [2.45, 2.75) is 80.3 Å². The molecule has 3 nitrogen and oxygen atoms in total. The fourth-order valence-corrected chi connectivity index (χ4v) is 13.3. The van der Waals surface area contributed by atoms with Crippen molar-refractivity contribution >= 4 is 131 Å². The van der Waals surface area contributed by atoms with Crippen molar-refractivity contribution in [2.75, 3.05) is 0 Å². The first-order chi connectivity index (χ1) is 47.0. The predicted molar refractivity (Wildman–Crippen MR) is 439 cm³/mol. The topological polar surface area (TPSA) is 38.7 Å². The molecular weight excluding hydrogens is 1300 g/mol. The van der Waals surface area contributed by atoms with E-state index in [1.54, 1.807) is 0 Å². The van der Waals surface area contributed by atoms with E-state index < -0.39 is 0 Å². The number of hydrogen-bond acceptors (Lipinski definition) is 10. The maximum Gasteiger partial charge on any atom is 0.164 e. The van der Waals surface area contributed by atoms with Crippen LogP contribution in [0, 0.1) is 0 Å². The van der Waals surface area contributed by atoms with Crippen LogP contribution in [0.5, 0.6) is 0 Å². The third-order valence-electron chi connectivity index (χ3n) is 17.5. The molecule has 0 bridgehead atoms. The molecule has 10 heteroatoms. The van der Waals surface area contributed by atoms with Gasteiger partial charge in [0.2, 0.25) is 0 Å². The summed E-state index contributed by atoms with van der Waals surface area (Å²) in [5, 5.41) is 10.6. The fraction of sp³-hybridized carbons (Fsp3) is 0.151. The number of thiol groups is 7. The Labute approximate surface area is 605 Å². The molecule has 14 rings (SSSR count). The summed E-state index contributed by atoms with van der Waals surface area (Å²) >= 11 is 30.6. The molecule has 0 amide bonds. The minimum atomic E-state index is 0.665. The summed E-state index contributed by atoms with van der Waals surface area (Å²) in [6, 6.07) is 93.2. The molecule has 0 radical (unpaired) electrons. The van der Waals surface area contributed by atoms with Crippen molar-refractivity contribution in [3.05, 3.63) is 316 Å². The molecule has 96 heavy (non-hydrogen) atoms. The lowest BCUT2D eigenvalue weighted by atomic mass is 9.92. The Kier molecular flexibility index (Phi) is 24.7. The van der Waals surface area contributed by atoms with Crippen molar-refractivity contribution < 1.29 is 0 Å². The number of aryl methyl sites for hydroxylation is 3. The zero-order chi connectivity index (χ0) is 66.9. The summed E-state index contributed by atoms with van der Waals surface area (Å²) in [6.07, 6.45) is 3.17. The number of nitrogens with zero attached hydrogens (tertiary/aromatic N) is 3. The van der Waals surface area contributed by atoms with Crippen LogP contribution in [0.3, 0.4) is 0 Å². The molecule has 0 atom stereocenters. The van der Waals surface area contributed by atoms with E-state index in [-0.39, 0.29) is 0 Å². The molecule has 1 aromatic heterocycles. The molecule has 0 saturated carbocycles. The highest BCUT2D eigenvalue weighted by Crippen LogP contribution is 2.35. The predicted octanol–water partition coefficient (Wildman–Crippen LogP) is 24.2. The third-order valence-corrected chi connectivity index (χ3v) is 20.0. The van der Waals surface area contributed by atoms with E-state index in [4.69, 9.17) is 15.0 Å². The second-order valence-corrected chi connectivity index (χ2v) is 26.0. The summed E-state index contributed by atoms with van der Waals surface area (Å²) in [4.78, 5) is 14.4. The molecule has 13 aromatic carbocycles. The number of rotatable bonds is 16. The van der Waals surface area contributed by atoms with Crippen LogP contribution in [0.1, 0.15) is 76.4 Å². The van der Waals surface area contributed by atoms with Gasteiger partial charge < -0.3 is 0 Å². The van der Waals surface area contributed by atoms with Crippen LogP contribution in [0.4, 0.5) is 0 Å². The van der Waals surface area contributed by atoms with Gasteiger partial charge in [-0.3, -0.25) is 0 Å². The first-order valence-electron chi connectivity index (χ1n) is 32.6. The van der Waals surface area contributed by atoms with E-state index >= 15 is 0 Å². The smallest absolute Gasteiger partial charge is 0.164 e. The van der Waals surface area contributed by atoms with Crippen LogP contribution in [0.2, 0.25) is 0 Å². The lowest BCUT2D eigenvalue weighted by Crippen LogP contribution is -2.00. The molecule has 0 aliphatic rings. The monoisotopic (exact) mass is 1380 g/mol. The Bertz CT molecular complexity index is 4270. The van der Waals surface area contributed by atoms with Crippen LogP contribution in [0.25, 0.3) is 111 Å². The van der Waals surface area contributed by atoms with Crippen molar-refractivity contribution in [1.29, 1.82) is 0 Å². The maximum absolute atomic E-state index is 4.79. The van der Waals surface area contributed by atoms with Crippen molar-refractivity contribution in [1.82, 2.24) is 15.0 Å². The van der Waals surface area contributed by atoms with Gasteiger partial charge in [-0.25, -0.2) is 15.0 Å². The minimum absolute atomic E-state index is 0.665. The average molecular weight is 1380 g/mol. The molecule has 0 spiro atoms. The molecule has 480 valence electrons. The zero-order valence-corrected chi connectivity index (χ0v) is 60.6. The highest BCUT2D eigenvalue weighted by atomic mass is 32.1. The Morgan fingerprint density at radius 1 is 0.208 bits per heavy atom. The fourth-order valence-electron chi connectivity index (χ4n) is 11.7. The van der Waals surface area contributed by atoms with Crippen molar-refractivity contribution in [3.8, 4) is 67.5 Å². The highest BCUT2D eigenvalue weighted by molar-refractivity contribution is 7.80. The third kappa shape index (κ3) is 17.4. The SMILES string of the molecule is CCc1ccc(-c2nc(-c3ccc(CS)cc3)nc(-c3ccc(CS)cc3)n2)cc1.CCc1ccc2cc3cc(CS)ccc3cc2c1.CCc1cccc2cc3c(CS)cccc3cc12.SCc1ccc(-c2cc(-c3ccc(CS)cc3)cc(-c3ccc(CS)cc3)c2)cc1. The van der Waals surface area contributed by atoms with Gasteiger partial charge >= 0.3 is 0 Å². The van der Waals surface area contributed by atoms with Crippen LogP contribution < -0.4 is 0 Å². The molecular formula is C86H79N3S7. The van der Waals surface area contributed by atoms with Crippen LogP contribution in [-0.2, 0) is 59.5 Å². The van der Waals surface area contributed by atoms with Crippen molar-refractivity contribution in [2.24, 2.45) is 0 Å². The maximum atomic E-state index is 4.79. The Morgan fingerprint density at radius 3 is 0.844 bits per heavy atom. The summed E-state index contributed by atoms with van der Waals surface area (Å²) in [5.41, 5.74) is 22.9. The Morgan fingerprint density at radius 2 is 0.510 bits per heavy atom. The van der Waals surface area contributed by atoms with Gasteiger partial charge in [0, 0.05) is 57.0 Å². The van der Waals surface area contributed by atoms with Crippen LogP contribution >= 0.6 is 88.4 Å². The van der Waals surface area contributed by atoms with Gasteiger partial charge in [0.1, 0.15) is 0 Å². The lowest BCUT2D eigenvalue weighted by Gasteiger charge is -2.12. The zero-order valence-electron chi connectivity index (χ0n) is 54.4. The normalized spacial score (nSPS) is 11.0. The number of fused-ring (bicyclic) bond motifs is 4. The second-order valence-electron chi connectivity index (χ2n) is 23.8. The quantitative estimate of drug-likeness (QED) is 0.0390. The molecule has 1 heterocycles. The minimum Gasteiger partial charge on any atom is -0.208 e. The van der Waals surface area contributed by atoms with Gasteiger partial charge in [-0.15, -0.1) is 0 Å². The number of hydrogen-bond donors (Lipinski definition) is 7. The van der Waals surface area contributed by atoms with E-state index in [0.29, 0.717) is 29.0 Å². The van der Waals surface area contributed by atoms with Crippen LogP contribution in [0.15, 0.2) is 261 Å². The largest absolute Gasteiger partial charge is 0.208 e. The van der Waals surface area contributed by atoms with Crippen LogP contribution in [-0.4, -0.2) is 15.0 Å². The summed E-state index contributed by atoms with van der Waals surface area (Å²) < 4.78 is 0. The van der Waals surface area contributed by atoms with E-state index in [2.05, 4.69) is 346 Å². The molecule has 0 saturated heterocycles. The Hall–Kier alpha value is -7.64. The van der Waals surface area contributed by atoms with Gasteiger partial charge in [-0.2, -0.15) is 88.4 Å². The summed E-state index contributed by atoms with van der Waals surface area (Å²) in [6.45, 7) is 6.56. The molecule has 0 aliphatic carbocycles. The first kappa shape index (κ1) is 69.7. The van der Waals surface area contributed by atoms with Gasteiger partial charge in [0.05, 0.1) is 0 Å². The van der Waals surface area contributed by atoms with E-state index in [0.717, 1.165) is 75.8 Å². The number of benzene rings is 13. The van der Waals surface area contributed by atoms with Gasteiger partial charge in [-0.1, -0.05) is 239 Å². The van der Waals surface area contributed by atoms with Gasteiger partial charge in [0.15, 0.2) is 17.5 Å². The molecule has 0 aliphatic heterocycles. The lowest BCUT2D eigenvalue weighted by molar-refractivity contribution is 1.07. The molecule has 0 unspecified atom stereocenters. The average Bonchev–Trinajstić information content (AvgIpc) is 0.813. The van der Waals surface area contributed by atoms with E-state index in [1.165, 1.54) is 121 Å². The standard InChI is InChI=1S/C27H24S3.C25H23N3S2.2C17H16S/c28-16-19-1-7-22(8-2-19)25-13-26(23-9-3-20(17-29)4-10-23)15-27(14-25)24-11-5-21(18-30)6-12-24;1-2-17-3-9-20(10-4-17)23-26-24(21-11-5-18(15-29)6-12-21)28-25(27-23)22-13-7-19(16-30)8-14-22;1-2-12-3-5-14-10-17-8-13(11-18)4-6-15(17)9-16(14)7-12;1-2-12-5-3-6-13-10-17-14(9-16(12)13)7-4-8-15(17)11-18/h1-15,28-30H,16-18H2;3-14,29-30H,2,15-16H2,1H3;2*3-10,18H,2,11H2,1H3. The van der Waals surface area contributed by atoms with Gasteiger partial charge in [-0.05, 0) is 194 Å². The summed E-state index contributed by atoms with van der Waals surface area (Å²) in [7, 11) is 0. The molecule has 14 aromatic rings. The van der Waals surface area contributed by atoms with Gasteiger partial charge in [0.25, 0.3) is 0 Å². The molecule has 0 N–H and O–H groups in total. The second kappa shape index (κ2) is 34.0. The van der Waals surface area contributed by atoms with E-state index in [9.17, 15) is 0 Å². The highest BCUT2D eigenvalue weighted by Gasteiger charge is 2.14. The van der Waals surface area contributed by atoms with E-state index in [1.807, 2.05) is 24.3 Å². The van der Waals surface area contributed by atoms with Crippen molar-refractivity contribution in [3.63, 3.8) is 0 Å². The Balaban J connectivity index is 0.000000134. The first-order valence-corrected chi connectivity index (χ1v) is 37.1.